The second-order valence-electron chi connectivity index (χ2n) is 9.90. The van der Waals surface area contributed by atoms with Crippen LogP contribution in [0.25, 0.3) is 15.6 Å². The number of aromatic nitrogens is 2. The van der Waals surface area contributed by atoms with E-state index in [0.29, 0.717) is 34.7 Å². The van der Waals surface area contributed by atoms with Crippen molar-refractivity contribution in [3.05, 3.63) is 58.4 Å². The molecule has 1 aliphatic carbocycles. The minimum absolute atomic E-state index is 0.276. The van der Waals surface area contributed by atoms with Crippen LogP contribution in [0.15, 0.2) is 36.4 Å². The van der Waals surface area contributed by atoms with Crippen LogP contribution in [0.4, 0.5) is 17.3 Å². The van der Waals surface area contributed by atoms with Crippen LogP contribution in [-0.4, -0.2) is 41.5 Å². The number of ether oxygens (including phenoxy) is 1. The smallest absolute Gasteiger partial charge is 0.303 e. The van der Waals surface area contributed by atoms with E-state index in [9.17, 15) is 4.79 Å². The normalized spacial score (nSPS) is 17.0. The Hall–Kier alpha value is -3.57. The summed E-state index contributed by atoms with van der Waals surface area (Å²) >= 11 is 6.27. The van der Waals surface area contributed by atoms with Crippen LogP contribution in [0.2, 0.25) is 5.02 Å². The molecular weight excluding hydrogens is 478 g/mol. The van der Waals surface area contributed by atoms with Gasteiger partial charge in [0.25, 0.3) is 0 Å². The molecule has 2 N–H and O–H groups in total. The molecule has 1 saturated heterocycles. The topological polar surface area (TPSA) is 91.9 Å². The van der Waals surface area contributed by atoms with Gasteiger partial charge in [-0.1, -0.05) is 29.8 Å². The van der Waals surface area contributed by atoms with Crippen molar-refractivity contribution >= 4 is 45.7 Å². The number of piperidine rings is 1. The first-order valence-electron chi connectivity index (χ1n) is 12.1. The summed E-state index contributed by atoms with van der Waals surface area (Å²) in [6, 6.07) is 11.3. The molecule has 0 amide bonds. The molecule has 1 aliphatic heterocycles. The summed E-state index contributed by atoms with van der Waals surface area (Å²) in [6.07, 6.45) is 4.36. The quantitative estimate of drug-likeness (QED) is 0.385. The van der Waals surface area contributed by atoms with E-state index >= 15 is 0 Å². The van der Waals surface area contributed by atoms with Gasteiger partial charge in [-0.2, -0.15) is 0 Å². The lowest BCUT2D eigenvalue weighted by Crippen LogP contribution is -2.47. The molecule has 2 aliphatic rings. The summed E-state index contributed by atoms with van der Waals surface area (Å²) in [4.78, 5) is 16.9. The number of hydrogen-bond donors (Lipinski definition) is 2. The maximum Gasteiger partial charge on any atom is 0.303 e. The van der Waals surface area contributed by atoms with Gasteiger partial charge >= 0.3 is 5.97 Å². The number of carboxylic acids is 1. The molecular formula is C27H28ClN5O3. The van der Waals surface area contributed by atoms with Gasteiger partial charge in [-0.15, -0.1) is 10.2 Å². The van der Waals surface area contributed by atoms with E-state index in [-0.39, 0.29) is 11.8 Å². The largest absolute Gasteiger partial charge is 0.495 e. The Kier molecular flexibility index (Phi) is 6.59. The predicted octanol–water partition coefficient (Wildman–Crippen LogP) is 5.93. The van der Waals surface area contributed by atoms with Crippen molar-refractivity contribution in [3.63, 3.8) is 0 Å². The van der Waals surface area contributed by atoms with E-state index in [0.717, 1.165) is 60.9 Å². The van der Waals surface area contributed by atoms with Crippen molar-refractivity contribution in [2.45, 2.75) is 38.6 Å². The lowest BCUT2D eigenvalue weighted by atomic mass is 9.57. The second kappa shape index (κ2) is 9.82. The Morgan fingerprint density at radius 3 is 2.67 bits per heavy atom. The second-order valence-corrected chi connectivity index (χ2v) is 10.3. The van der Waals surface area contributed by atoms with Crippen molar-refractivity contribution in [2.75, 3.05) is 30.4 Å². The number of carboxylic acid groups (broad SMARTS) is 1. The molecule has 1 saturated carbocycles. The van der Waals surface area contributed by atoms with E-state index in [2.05, 4.69) is 25.3 Å². The Morgan fingerprint density at radius 2 is 2.00 bits per heavy atom. The van der Waals surface area contributed by atoms with Gasteiger partial charge in [-0.3, -0.25) is 4.79 Å². The van der Waals surface area contributed by atoms with Gasteiger partial charge in [0, 0.05) is 36.8 Å². The van der Waals surface area contributed by atoms with E-state index in [4.69, 9.17) is 28.0 Å². The van der Waals surface area contributed by atoms with Crippen molar-refractivity contribution < 1.29 is 14.6 Å². The van der Waals surface area contributed by atoms with Crippen molar-refractivity contribution in [1.82, 2.24) is 10.2 Å². The summed E-state index contributed by atoms with van der Waals surface area (Å²) in [5, 5.41) is 23.9. The predicted molar refractivity (Wildman–Crippen MR) is 140 cm³/mol. The highest BCUT2D eigenvalue weighted by atomic mass is 35.5. The molecule has 1 spiro atoms. The number of rotatable bonds is 7. The monoisotopic (exact) mass is 505 g/mol. The molecule has 0 unspecified atom stereocenters. The van der Waals surface area contributed by atoms with Gasteiger partial charge in [-0.25, -0.2) is 4.85 Å². The number of nitrogens with zero attached hydrogens (tertiary/aromatic N) is 4. The van der Waals surface area contributed by atoms with Crippen LogP contribution >= 0.6 is 11.6 Å². The summed E-state index contributed by atoms with van der Waals surface area (Å²) in [5.74, 6) is 1.69. The van der Waals surface area contributed by atoms with Gasteiger partial charge in [0.05, 0.1) is 18.7 Å². The molecule has 36 heavy (non-hydrogen) atoms. The number of fused-ring (bicyclic) bond motifs is 1. The fourth-order valence-electron chi connectivity index (χ4n) is 5.72. The first kappa shape index (κ1) is 24.1. The highest BCUT2D eigenvalue weighted by Crippen LogP contribution is 2.54. The lowest BCUT2D eigenvalue weighted by Gasteiger charge is -2.52. The Balaban J connectivity index is 1.34. The summed E-state index contributed by atoms with van der Waals surface area (Å²) in [5.41, 5.74) is 1.80. The average Bonchev–Trinajstić information content (AvgIpc) is 2.86. The molecule has 0 atom stereocenters. The SMILES string of the molecule is [C-]#[N+]c1ccc2c(N3CCC4(CC3)CC(CC(=O)O)C4)nnc(NCc3ccc(OC)c(Cl)c3)c2c1. The zero-order chi connectivity index (χ0) is 25.3. The van der Waals surface area contributed by atoms with Gasteiger partial charge in [0.15, 0.2) is 17.3 Å². The maximum atomic E-state index is 11.0. The van der Waals surface area contributed by atoms with Crippen LogP contribution in [0.5, 0.6) is 5.75 Å². The van der Waals surface area contributed by atoms with E-state index < -0.39 is 5.97 Å². The molecule has 1 aromatic heterocycles. The third-order valence-corrected chi connectivity index (χ3v) is 7.87. The van der Waals surface area contributed by atoms with Crippen molar-refractivity contribution in [2.24, 2.45) is 11.3 Å². The number of carbonyl (C=O) groups is 1. The molecule has 186 valence electrons. The Bertz CT molecular complexity index is 1340. The summed E-state index contributed by atoms with van der Waals surface area (Å²) in [6.45, 7) is 9.69. The molecule has 5 rings (SSSR count). The molecule has 8 nitrogen and oxygen atoms in total. The van der Waals surface area contributed by atoms with Crippen LogP contribution in [0, 0.1) is 17.9 Å². The van der Waals surface area contributed by atoms with Gasteiger partial charge in [0.1, 0.15) is 5.75 Å². The standard InChI is InChI=1S/C27H28ClN5O3/c1-29-19-4-5-20-21(13-19)25(30-16-17-3-6-23(36-2)22(28)11-17)31-32-26(20)33-9-7-27(8-10-33)14-18(15-27)12-24(34)35/h3-6,11,13,18H,7-10,12,14-16H2,2H3,(H,30,31)(H,34,35). The summed E-state index contributed by atoms with van der Waals surface area (Å²) < 4.78 is 5.23. The third-order valence-electron chi connectivity index (χ3n) is 7.58. The molecule has 2 aromatic carbocycles. The zero-order valence-electron chi connectivity index (χ0n) is 20.1. The molecule has 0 bridgehead atoms. The van der Waals surface area contributed by atoms with E-state index in [1.807, 2.05) is 36.4 Å². The van der Waals surface area contributed by atoms with Crippen LogP contribution < -0.4 is 15.0 Å². The number of methoxy groups -OCH3 is 1. The number of halogens is 1. The number of anilines is 2. The van der Waals surface area contributed by atoms with Gasteiger partial charge in [0.2, 0.25) is 0 Å². The molecule has 3 aromatic rings. The maximum absolute atomic E-state index is 11.0. The zero-order valence-corrected chi connectivity index (χ0v) is 20.9. The highest BCUT2D eigenvalue weighted by Gasteiger charge is 2.46. The first-order valence-corrected chi connectivity index (χ1v) is 12.5. The van der Waals surface area contributed by atoms with Gasteiger partial charge < -0.3 is 20.1 Å². The Morgan fingerprint density at radius 1 is 1.22 bits per heavy atom. The number of hydrogen-bond acceptors (Lipinski definition) is 6. The molecule has 2 fully saturated rings. The van der Waals surface area contributed by atoms with Crippen molar-refractivity contribution in [1.29, 1.82) is 0 Å². The molecule has 2 heterocycles. The van der Waals surface area contributed by atoms with E-state index in [1.54, 1.807) is 7.11 Å². The highest BCUT2D eigenvalue weighted by molar-refractivity contribution is 6.32. The van der Waals surface area contributed by atoms with Gasteiger partial charge in [-0.05, 0) is 60.8 Å². The minimum Gasteiger partial charge on any atom is -0.495 e. The number of aliphatic carboxylic acids is 1. The van der Waals surface area contributed by atoms with Crippen molar-refractivity contribution in [3.8, 4) is 5.75 Å². The number of benzene rings is 2. The van der Waals surface area contributed by atoms with Crippen LogP contribution in [0.1, 0.15) is 37.7 Å². The number of nitrogens with one attached hydrogen (secondary N) is 1. The first-order chi connectivity index (χ1) is 17.4. The van der Waals surface area contributed by atoms with Crippen LogP contribution in [0.3, 0.4) is 0 Å². The minimum atomic E-state index is -0.698. The fourth-order valence-corrected chi connectivity index (χ4v) is 6.01. The Labute approximate surface area is 215 Å². The van der Waals surface area contributed by atoms with Crippen LogP contribution in [-0.2, 0) is 11.3 Å². The fraction of sp³-hybridized carbons (Fsp3) is 0.407. The molecule has 0 radical (unpaired) electrons. The summed E-state index contributed by atoms with van der Waals surface area (Å²) in [7, 11) is 1.59. The lowest BCUT2D eigenvalue weighted by molar-refractivity contribution is -0.140. The average molecular weight is 506 g/mol. The van der Waals surface area contributed by atoms with E-state index in [1.165, 1.54) is 0 Å². The third kappa shape index (κ3) is 4.76. The molecule has 9 heteroatoms.